The van der Waals surface area contributed by atoms with Gasteiger partial charge in [0, 0.05) is 36.0 Å². The fraction of sp³-hybridized carbons (Fsp3) is 0.435. The number of para-hydroxylation sites is 1. The molecule has 3 nitrogen and oxygen atoms in total. The van der Waals surface area contributed by atoms with Crippen molar-refractivity contribution in [2.75, 3.05) is 10.8 Å². The normalized spacial score (nSPS) is 22.4. The molecule has 0 aromatic heterocycles. The van der Waals surface area contributed by atoms with Crippen LogP contribution in [0.1, 0.15) is 37.7 Å². The highest BCUT2D eigenvalue weighted by Gasteiger charge is 2.34. The summed E-state index contributed by atoms with van der Waals surface area (Å²) in [5.41, 5.74) is 2.16. The SMILES string of the molecule is O=C(CCCl)N(c1ccccc1)C1CCCC(Cl)CC1NCc1ccccc1. The summed E-state index contributed by atoms with van der Waals surface area (Å²) < 4.78 is 0. The number of amides is 1. The van der Waals surface area contributed by atoms with Crippen LogP contribution in [0.15, 0.2) is 60.7 Å². The molecule has 1 saturated carbocycles. The molecule has 1 N–H and O–H groups in total. The van der Waals surface area contributed by atoms with Crippen LogP contribution in [0.25, 0.3) is 0 Å². The summed E-state index contributed by atoms with van der Waals surface area (Å²) in [4.78, 5) is 15.0. The van der Waals surface area contributed by atoms with Crippen LogP contribution in [-0.2, 0) is 11.3 Å². The zero-order valence-electron chi connectivity index (χ0n) is 16.1. The highest BCUT2D eigenvalue weighted by Crippen LogP contribution is 2.30. The van der Waals surface area contributed by atoms with Crippen molar-refractivity contribution in [2.24, 2.45) is 0 Å². The summed E-state index contributed by atoms with van der Waals surface area (Å²) in [6.45, 7) is 0.762. The number of benzene rings is 2. The first-order chi connectivity index (χ1) is 13.7. The average Bonchev–Trinajstić information content (AvgIpc) is 2.90. The summed E-state index contributed by atoms with van der Waals surface area (Å²) in [6, 6.07) is 20.5. The molecular weight excluding hydrogens is 391 g/mol. The Morgan fingerprint density at radius 2 is 1.71 bits per heavy atom. The predicted molar refractivity (Wildman–Crippen MR) is 118 cm³/mol. The molecule has 0 spiro atoms. The fourth-order valence-electron chi connectivity index (χ4n) is 3.98. The van der Waals surface area contributed by atoms with Crippen LogP contribution < -0.4 is 10.2 Å². The van der Waals surface area contributed by atoms with Crippen molar-refractivity contribution < 1.29 is 4.79 Å². The smallest absolute Gasteiger partial charge is 0.228 e. The highest BCUT2D eigenvalue weighted by atomic mass is 35.5. The summed E-state index contributed by atoms with van der Waals surface area (Å²) in [7, 11) is 0. The number of hydrogen-bond acceptors (Lipinski definition) is 2. The van der Waals surface area contributed by atoms with Crippen LogP contribution >= 0.6 is 23.2 Å². The predicted octanol–water partition coefficient (Wildman–Crippen LogP) is 5.36. The number of alkyl halides is 2. The van der Waals surface area contributed by atoms with Crippen LogP contribution in [0.3, 0.4) is 0 Å². The van der Waals surface area contributed by atoms with Crippen molar-refractivity contribution in [1.29, 1.82) is 0 Å². The minimum atomic E-state index is 0.0607. The Morgan fingerprint density at radius 1 is 1.04 bits per heavy atom. The average molecular weight is 419 g/mol. The van der Waals surface area contributed by atoms with Crippen LogP contribution in [0.2, 0.25) is 0 Å². The van der Waals surface area contributed by atoms with E-state index in [4.69, 9.17) is 23.2 Å². The van der Waals surface area contributed by atoms with Crippen molar-refractivity contribution in [3.63, 3.8) is 0 Å². The molecule has 0 radical (unpaired) electrons. The van der Waals surface area contributed by atoms with Gasteiger partial charge in [0.2, 0.25) is 5.91 Å². The molecule has 1 aliphatic carbocycles. The first kappa shape index (κ1) is 21.2. The number of nitrogens with zero attached hydrogens (tertiary/aromatic N) is 1. The van der Waals surface area contributed by atoms with E-state index >= 15 is 0 Å². The van der Waals surface area contributed by atoms with Gasteiger partial charge in [-0.25, -0.2) is 0 Å². The van der Waals surface area contributed by atoms with Crippen LogP contribution in [-0.4, -0.2) is 29.2 Å². The molecule has 2 aromatic carbocycles. The second-order valence-electron chi connectivity index (χ2n) is 7.34. The maximum absolute atomic E-state index is 13.0. The third-order valence-electron chi connectivity index (χ3n) is 5.35. The Balaban J connectivity index is 1.86. The van der Waals surface area contributed by atoms with Gasteiger partial charge in [0.25, 0.3) is 0 Å². The first-order valence-electron chi connectivity index (χ1n) is 10.0. The van der Waals surface area contributed by atoms with Gasteiger partial charge in [0.05, 0.1) is 6.04 Å². The lowest BCUT2D eigenvalue weighted by atomic mass is 9.99. The highest BCUT2D eigenvalue weighted by molar-refractivity contribution is 6.20. The van der Waals surface area contributed by atoms with Gasteiger partial charge >= 0.3 is 0 Å². The molecule has 3 unspecified atom stereocenters. The quantitative estimate of drug-likeness (QED) is 0.484. The standard InChI is InChI=1S/C23H28Cl2N2O/c24-15-14-23(28)27(20-11-5-2-6-12-20)22-13-7-10-19(25)16-21(22)26-17-18-8-3-1-4-9-18/h1-6,8-9,11-12,19,21-22,26H,7,10,13-17H2. The number of carbonyl (C=O) groups excluding carboxylic acids is 1. The molecule has 0 saturated heterocycles. The van der Waals surface area contributed by atoms with Gasteiger partial charge in [-0.2, -0.15) is 0 Å². The van der Waals surface area contributed by atoms with Crippen LogP contribution in [0, 0.1) is 0 Å². The molecule has 28 heavy (non-hydrogen) atoms. The van der Waals surface area contributed by atoms with E-state index in [0.717, 1.165) is 37.9 Å². The molecule has 3 rings (SSSR count). The van der Waals surface area contributed by atoms with Crippen molar-refractivity contribution in [3.8, 4) is 0 Å². The molecule has 150 valence electrons. The van der Waals surface area contributed by atoms with Crippen molar-refractivity contribution >= 4 is 34.8 Å². The Hall–Kier alpha value is -1.55. The fourth-order valence-corrected chi connectivity index (χ4v) is 4.49. The molecule has 0 heterocycles. The van der Waals surface area contributed by atoms with E-state index in [-0.39, 0.29) is 23.4 Å². The molecular formula is C23H28Cl2N2O. The van der Waals surface area contributed by atoms with Gasteiger partial charge in [-0.15, -0.1) is 23.2 Å². The second kappa shape index (κ2) is 10.8. The van der Waals surface area contributed by atoms with Crippen molar-refractivity contribution in [2.45, 2.75) is 56.1 Å². The summed E-state index contributed by atoms with van der Waals surface area (Å²) >= 11 is 12.5. The summed E-state index contributed by atoms with van der Waals surface area (Å²) in [5.74, 6) is 0.403. The van der Waals surface area contributed by atoms with Crippen LogP contribution in [0.4, 0.5) is 5.69 Å². The summed E-state index contributed by atoms with van der Waals surface area (Å²) in [6.07, 6.45) is 4.10. The van der Waals surface area contributed by atoms with Gasteiger partial charge in [-0.05, 0) is 43.4 Å². The molecule has 5 heteroatoms. The van der Waals surface area contributed by atoms with Gasteiger partial charge < -0.3 is 10.2 Å². The van der Waals surface area contributed by atoms with Gasteiger partial charge in [0.15, 0.2) is 0 Å². The Labute approximate surface area is 178 Å². The number of carbonyl (C=O) groups is 1. The van der Waals surface area contributed by atoms with Crippen LogP contribution in [0.5, 0.6) is 0 Å². The van der Waals surface area contributed by atoms with Crippen molar-refractivity contribution in [3.05, 3.63) is 66.2 Å². The van der Waals surface area contributed by atoms with E-state index < -0.39 is 0 Å². The third kappa shape index (κ3) is 5.73. The minimum absolute atomic E-state index is 0.0607. The van der Waals surface area contributed by atoms with E-state index in [1.165, 1.54) is 5.56 Å². The van der Waals surface area contributed by atoms with Gasteiger partial charge in [-0.3, -0.25) is 4.79 Å². The molecule has 2 aromatic rings. The monoisotopic (exact) mass is 418 g/mol. The molecule has 1 fully saturated rings. The maximum Gasteiger partial charge on any atom is 0.228 e. The Morgan fingerprint density at radius 3 is 2.39 bits per heavy atom. The lowest BCUT2D eigenvalue weighted by Gasteiger charge is -2.37. The van der Waals surface area contributed by atoms with E-state index in [1.54, 1.807) is 0 Å². The number of anilines is 1. The molecule has 1 amide bonds. The van der Waals surface area contributed by atoms with Gasteiger partial charge in [-0.1, -0.05) is 48.5 Å². The lowest BCUT2D eigenvalue weighted by molar-refractivity contribution is -0.118. The molecule has 1 aliphatic rings. The lowest BCUT2D eigenvalue weighted by Crippen LogP contribution is -2.52. The number of hydrogen-bond donors (Lipinski definition) is 1. The van der Waals surface area contributed by atoms with Crippen molar-refractivity contribution in [1.82, 2.24) is 5.32 Å². The molecule has 0 bridgehead atoms. The number of nitrogens with one attached hydrogen (secondary N) is 1. The zero-order valence-corrected chi connectivity index (χ0v) is 17.6. The Kier molecular flexibility index (Phi) is 8.20. The van der Waals surface area contributed by atoms with Gasteiger partial charge in [0.1, 0.15) is 0 Å². The Bertz CT molecular complexity index is 726. The maximum atomic E-state index is 13.0. The van der Waals surface area contributed by atoms with E-state index in [1.807, 2.05) is 53.4 Å². The number of halogens is 2. The van der Waals surface area contributed by atoms with E-state index in [9.17, 15) is 4.79 Å². The largest absolute Gasteiger partial charge is 0.308 e. The minimum Gasteiger partial charge on any atom is -0.308 e. The molecule has 3 atom stereocenters. The summed E-state index contributed by atoms with van der Waals surface area (Å²) in [5, 5.41) is 3.82. The molecule has 0 aliphatic heterocycles. The number of rotatable bonds is 7. The zero-order chi connectivity index (χ0) is 19.8. The van der Waals surface area contributed by atoms with E-state index in [0.29, 0.717) is 12.3 Å². The van der Waals surface area contributed by atoms with E-state index in [2.05, 4.69) is 17.4 Å². The second-order valence-corrected chi connectivity index (χ2v) is 8.34. The first-order valence-corrected chi connectivity index (χ1v) is 11.0. The third-order valence-corrected chi connectivity index (χ3v) is 5.93. The topological polar surface area (TPSA) is 32.3 Å².